The Bertz CT molecular complexity index is 741. The fourth-order valence-electron chi connectivity index (χ4n) is 3.65. The van der Waals surface area contributed by atoms with Gasteiger partial charge in [0.25, 0.3) is 5.91 Å². The van der Waals surface area contributed by atoms with E-state index in [1.165, 1.54) is 12.1 Å². The largest absolute Gasteiger partial charge is 0.336 e. The summed E-state index contributed by atoms with van der Waals surface area (Å²) in [5.74, 6) is 0.243. The number of halogens is 1. The number of hydrogen-bond acceptors (Lipinski definition) is 3. The van der Waals surface area contributed by atoms with Crippen molar-refractivity contribution in [2.24, 2.45) is 13.0 Å². The van der Waals surface area contributed by atoms with Crippen molar-refractivity contribution in [2.45, 2.75) is 32.9 Å². The van der Waals surface area contributed by atoms with E-state index in [9.17, 15) is 9.18 Å². The lowest BCUT2D eigenvalue weighted by molar-refractivity contribution is 0.0691. The molecule has 2 heterocycles. The molecule has 1 amide bonds. The van der Waals surface area contributed by atoms with Crippen LogP contribution in [0.15, 0.2) is 36.5 Å². The van der Waals surface area contributed by atoms with Crippen molar-refractivity contribution in [3.8, 4) is 0 Å². The molecule has 5 nitrogen and oxygen atoms in total. The van der Waals surface area contributed by atoms with Gasteiger partial charge in [-0.3, -0.25) is 14.4 Å². The molecule has 1 saturated heterocycles. The lowest BCUT2D eigenvalue weighted by Gasteiger charge is -2.34. The highest BCUT2D eigenvalue weighted by atomic mass is 19.1. The molecule has 0 saturated carbocycles. The van der Waals surface area contributed by atoms with E-state index in [0.717, 1.165) is 31.6 Å². The summed E-state index contributed by atoms with van der Waals surface area (Å²) in [5.41, 5.74) is 1.72. The number of benzene rings is 1. The van der Waals surface area contributed by atoms with E-state index in [0.29, 0.717) is 18.2 Å². The molecule has 1 aliphatic heterocycles. The molecule has 0 radical (unpaired) electrons. The SMILES string of the molecule is CC(C)[C@@H]1CN(C(=O)c2ccnn2C)CCCN1Cc1ccc(F)cc1. The molecule has 0 spiro atoms. The van der Waals surface area contributed by atoms with Crippen molar-refractivity contribution in [1.29, 1.82) is 0 Å². The van der Waals surface area contributed by atoms with Crippen LogP contribution in [0.4, 0.5) is 4.39 Å². The van der Waals surface area contributed by atoms with Gasteiger partial charge < -0.3 is 4.90 Å². The van der Waals surface area contributed by atoms with Gasteiger partial charge in [0.05, 0.1) is 0 Å². The van der Waals surface area contributed by atoms with E-state index < -0.39 is 0 Å². The van der Waals surface area contributed by atoms with Gasteiger partial charge in [-0.15, -0.1) is 0 Å². The number of amides is 1. The van der Waals surface area contributed by atoms with Crippen molar-refractivity contribution >= 4 is 5.91 Å². The molecule has 0 N–H and O–H groups in total. The second kappa shape index (κ2) is 7.99. The molecule has 0 unspecified atom stereocenters. The highest BCUT2D eigenvalue weighted by Crippen LogP contribution is 2.21. The molecule has 1 atom stereocenters. The number of carbonyl (C=O) groups excluding carboxylic acids is 1. The van der Waals surface area contributed by atoms with Crippen LogP contribution in [0.25, 0.3) is 0 Å². The highest BCUT2D eigenvalue weighted by molar-refractivity contribution is 5.92. The van der Waals surface area contributed by atoms with Crippen LogP contribution >= 0.6 is 0 Å². The molecule has 6 heteroatoms. The van der Waals surface area contributed by atoms with Crippen LogP contribution in [0.5, 0.6) is 0 Å². The number of hydrogen-bond donors (Lipinski definition) is 0. The first-order valence-corrected chi connectivity index (χ1v) is 9.21. The molecule has 1 aromatic heterocycles. The maximum Gasteiger partial charge on any atom is 0.272 e. The van der Waals surface area contributed by atoms with Gasteiger partial charge in [0.15, 0.2) is 0 Å². The number of nitrogens with zero attached hydrogens (tertiary/aromatic N) is 4. The number of carbonyl (C=O) groups is 1. The average molecular weight is 358 g/mol. The Morgan fingerprint density at radius 1 is 1.23 bits per heavy atom. The predicted molar refractivity (Wildman–Crippen MR) is 99.2 cm³/mol. The van der Waals surface area contributed by atoms with Crippen molar-refractivity contribution in [3.63, 3.8) is 0 Å². The molecule has 1 fully saturated rings. The van der Waals surface area contributed by atoms with E-state index >= 15 is 0 Å². The second-order valence-corrected chi connectivity index (χ2v) is 7.35. The molecule has 0 bridgehead atoms. The maximum absolute atomic E-state index is 13.2. The Morgan fingerprint density at radius 2 is 1.96 bits per heavy atom. The molecular formula is C20H27FN4O. The summed E-state index contributed by atoms with van der Waals surface area (Å²) < 4.78 is 14.8. The summed E-state index contributed by atoms with van der Waals surface area (Å²) in [7, 11) is 1.80. The lowest BCUT2D eigenvalue weighted by Crippen LogP contribution is -2.45. The summed E-state index contributed by atoms with van der Waals surface area (Å²) in [6, 6.07) is 8.74. The highest BCUT2D eigenvalue weighted by Gasteiger charge is 2.30. The van der Waals surface area contributed by atoms with Gasteiger partial charge in [-0.2, -0.15) is 5.10 Å². The molecule has 1 aromatic carbocycles. The fraction of sp³-hybridized carbons (Fsp3) is 0.500. The van der Waals surface area contributed by atoms with E-state index in [2.05, 4.69) is 23.8 Å². The fourth-order valence-corrected chi connectivity index (χ4v) is 3.65. The molecule has 1 aliphatic rings. The summed E-state index contributed by atoms with van der Waals surface area (Å²) in [5, 5.41) is 4.12. The van der Waals surface area contributed by atoms with E-state index in [4.69, 9.17) is 0 Å². The number of rotatable bonds is 4. The Labute approximate surface area is 154 Å². The third-order valence-corrected chi connectivity index (χ3v) is 5.15. The van der Waals surface area contributed by atoms with Crippen LogP contribution in [0, 0.1) is 11.7 Å². The van der Waals surface area contributed by atoms with E-state index in [-0.39, 0.29) is 17.8 Å². The Hall–Kier alpha value is -2.21. The normalized spacial score (nSPS) is 19.0. The summed E-state index contributed by atoms with van der Waals surface area (Å²) >= 11 is 0. The lowest BCUT2D eigenvalue weighted by atomic mass is 10.0. The first kappa shape index (κ1) is 18.6. The smallest absolute Gasteiger partial charge is 0.272 e. The Balaban J connectivity index is 1.76. The van der Waals surface area contributed by atoms with Gasteiger partial charge in [0, 0.05) is 45.5 Å². The number of aromatic nitrogens is 2. The zero-order valence-corrected chi connectivity index (χ0v) is 15.7. The second-order valence-electron chi connectivity index (χ2n) is 7.35. The Morgan fingerprint density at radius 3 is 2.58 bits per heavy atom. The quantitative estimate of drug-likeness (QED) is 0.844. The Kier molecular flexibility index (Phi) is 5.71. The van der Waals surface area contributed by atoms with E-state index in [1.54, 1.807) is 24.0 Å². The summed E-state index contributed by atoms with van der Waals surface area (Å²) in [4.78, 5) is 17.3. The minimum absolute atomic E-state index is 0.0410. The standard InChI is InChI=1S/C20H27FN4O/c1-15(2)19-14-25(20(26)18-9-10-22-23(18)3)12-4-11-24(19)13-16-5-7-17(21)8-6-16/h5-10,15,19H,4,11-14H2,1-3H3/t19-/m0/s1. The predicted octanol–water partition coefficient (Wildman–Crippen LogP) is 2.93. The molecule has 0 aliphatic carbocycles. The monoisotopic (exact) mass is 358 g/mol. The minimum Gasteiger partial charge on any atom is -0.336 e. The topological polar surface area (TPSA) is 41.4 Å². The van der Waals surface area contributed by atoms with Gasteiger partial charge in [0.1, 0.15) is 11.5 Å². The maximum atomic E-state index is 13.2. The van der Waals surface area contributed by atoms with Crippen molar-refractivity contribution < 1.29 is 9.18 Å². The van der Waals surface area contributed by atoms with Gasteiger partial charge in [-0.05, 0) is 36.1 Å². The van der Waals surface area contributed by atoms with Crippen LogP contribution in [0.3, 0.4) is 0 Å². The van der Waals surface area contributed by atoms with Gasteiger partial charge in [-0.25, -0.2) is 4.39 Å². The number of aryl methyl sites for hydroxylation is 1. The third kappa shape index (κ3) is 4.12. The van der Waals surface area contributed by atoms with Crippen LogP contribution in [0.1, 0.15) is 36.3 Å². The third-order valence-electron chi connectivity index (χ3n) is 5.15. The first-order valence-electron chi connectivity index (χ1n) is 9.21. The van der Waals surface area contributed by atoms with Gasteiger partial charge in [-0.1, -0.05) is 26.0 Å². The molecule has 26 heavy (non-hydrogen) atoms. The van der Waals surface area contributed by atoms with Crippen LogP contribution in [-0.2, 0) is 13.6 Å². The summed E-state index contributed by atoms with van der Waals surface area (Å²) in [6.45, 7) is 7.53. The molecule has 140 valence electrons. The molecule has 2 aromatic rings. The van der Waals surface area contributed by atoms with Crippen LogP contribution in [-0.4, -0.2) is 51.2 Å². The van der Waals surface area contributed by atoms with Crippen molar-refractivity contribution in [1.82, 2.24) is 19.6 Å². The zero-order chi connectivity index (χ0) is 18.7. The average Bonchev–Trinajstić information content (AvgIpc) is 2.92. The minimum atomic E-state index is -0.210. The first-order chi connectivity index (χ1) is 12.5. The van der Waals surface area contributed by atoms with E-state index in [1.807, 2.05) is 17.0 Å². The molecular weight excluding hydrogens is 331 g/mol. The van der Waals surface area contributed by atoms with Gasteiger partial charge in [0.2, 0.25) is 0 Å². The van der Waals surface area contributed by atoms with Crippen LogP contribution in [0.2, 0.25) is 0 Å². The van der Waals surface area contributed by atoms with Crippen LogP contribution < -0.4 is 0 Å². The van der Waals surface area contributed by atoms with Gasteiger partial charge >= 0.3 is 0 Å². The van der Waals surface area contributed by atoms with Crippen molar-refractivity contribution in [2.75, 3.05) is 19.6 Å². The molecule has 3 rings (SSSR count). The summed E-state index contributed by atoms with van der Waals surface area (Å²) in [6.07, 6.45) is 2.58. The zero-order valence-electron chi connectivity index (χ0n) is 15.7. The van der Waals surface area contributed by atoms with Crippen molar-refractivity contribution in [3.05, 3.63) is 53.6 Å².